The number of guanidine groups is 1. The van der Waals surface area contributed by atoms with Crippen molar-refractivity contribution >= 4 is 5.96 Å². The SMILES string of the molecule is CN=C(NCc1ccc2c(c1)OCO2)NC1CCC(C)CC1. The van der Waals surface area contributed by atoms with Crippen molar-refractivity contribution in [3.63, 3.8) is 0 Å². The average molecular weight is 303 g/mol. The maximum Gasteiger partial charge on any atom is 0.231 e. The minimum absolute atomic E-state index is 0.315. The zero-order chi connectivity index (χ0) is 15.4. The lowest BCUT2D eigenvalue weighted by atomic mass is 9.87. The molecule has 2 N–H and O–H groups in total. The topological polar surface area (TPSA) is 54.9 Å². The van der Waals surface area contributed by atoms with Crippen molar-refractivity contribution in [1.82, 2.24) is 10.6 Å². The van der Waals surface area contributed by atoms with Crippen LogP contribution in [0.1, 0.15) is 38.2 Å². The molecule has 2 aliphatic rings. The molecule has 1 aliphatic carbocycles. The van der Waals surface area contributed by atoms with Gasteiger partial charge in [-0.05, 0) is 49.3 Å². The predicted octanol–water partition coefficient (Wildman–Crippen LogP) is 2.66. The number of ether oxygens (including phenoxy) is 2. The number of benzene rings is 1. The smallest absolute Gasteiger partial charge is 0.231 e. The highest BCUT2D eigenvalue weighted by Gasteiger charge is 2.19. The Hall–Kier alpha value is -1.91. The molecule has 1 fully saturated rings. The van der Waals surface area contributed by atoms with Crippen LogP contribution in [0.5, 0.6) is 11.5 Å². The van der Waals surface area contributed by atoms with Crippen LogP contribution >= 0.6 is 0 Å². The average Bonchev–Trinajstić information content (AvgIpc) is 3.01. The summed E-state index contributed by atoms with van der Waals surface area (Å²) >= 11 is 0. The zero-order valence-electron chi connectivity index (χ0n) is 13.4. The monoisotopic (exact) mass is 303 g/mol. The molecule has 0 atom stereocenters. The Morgan fingerprint density at radius 2 is 1.95 bits per heavy atom. The van der Waals surface area contributed by atoms with Crippen molar-refractivity contribution in [2.75, 3.05) is 13.8 Å². The van der Waals surface area contributed by atoms with Crippen LogP contribution in [0.4, 0.5) is 0 Å². The maximum atomic E-state index is 5.41. The summed E-state index contributed by atoms with van der Waals surface area (Å²) in [6, 6.07) is 6.57. The zero-order valence-corrected chi connectivity index (χ0v) is 13.4. The lowest BCUT2D eigenvalue weighted by Crippen LogP contribution is -2.44. The van der Waals surface area contributed by atoms with Gasteiger partial charge in [0.1, 0.15) is 0 Å². The molecule has 0 radical (unpaired) electrons. The van der Waals surface area contributed by atoms with Gasteiger partial charge in [0.05, 0.1) is 0 Å². The van der Waals surface area contributed by atoms with Gasteiger partial charge in [-0.15, -0.1) is 0 Å². The lowest BCUT2D eigenvalue weighted by Gasteiger charge is -2.28. The van der Waals surface area contributed by atoms with E-state index in [1.807, 2.05) is 19.2 Å². The second-order valence-electron chi connectivity index (χ2n) is 6.21. The molecule has 5 nitrogen and oxygen atoms in total. The summed E-state index contributed by atoms with van der Waals surface area (Å²) < 4.78 is 10.7. The molecule has 1 aromatic carbocycles. The largest absolute Gasteiger partial charge is 0.454 e. The van der Waals surface area contributed by atoms with Crippen LogP contribution in [0.15, 0.2) is 23.2 Å². The maximum absolute atomic E-state index is 5.41. The van der Waals surface area contributed by atoms with Crippen LogP contribution in [-0.4, -0.2) is 25.8 Å². The third kappa shape index (κ3) is 3.64. The fourth-order valence-electron chi connectivity index (χ4n) is 3.03. The minimum Gasteiger partial charge on any atom is -0.454 e. The van der Waals surface area contributed by atoms with E-state index >= 15 is 0 Å². The molecule has 0 saturated heterocycles. The third-order valence-corrected chi connectivity index (χ3v) is 4.48. The first-order valence-corrected chi connectivity index (χ1v) is 8.10. The summed E-state index contributed by atoms with van der Waals surface area (Å²) in [4.78, 5) is 4.33. The van der Waals surface area contributed by atoms with Crippen molar-refractivity contribution in [3.8, 4) is 11.5 Å². The molecule has 3 rings (SSSR count). The fourth-order valence-corrected chi connectivity index (χ4v) is 3.03. The Morgan fingerprint density at radius 3 is 2.73 bits per heavy atom. The molecule has 0 amide bonds. The number of nitrogens with one attached hydrogen (secondary N) is 2. The first-order chi connectivity index (χ1) is 10.7. The third-order valence-electron chi connectivity index (χ3n) is 4.48. The van der Waals surface area contributed by atoms with Crippen LogP contribution in [0.25, 0.3) is 0 Å². The van der Waals surface area contributed by atoms with Gasteiger partial charge in [-0.2, -0.15) is 0 Å². The number of rotatable bonds is 3. The van der Waals surface area contributed by atoms with Gasteiger partial charge in [-0.1, -0.05) is 13.0 Å². The van der Waals surface area contributed by atoms with Crippen LogP contribution in [0.3, 0.4) is 0 Å². The Kier molecular flexibility index (Phi) is 4.71. The summed E-state index contributed by atoms with van der Waals surface area (Å²) in [5.41, 5.74) is 1.16. The second-order valence-corrected chi connectivity index (χ2v) is 6.21. The van der Waals surface area contributed by atoms with E-state index in [2.05, 4.69) is 28.6 Å². The summed E-state index contributed by atoms with van der Waals surface area (Å²) in [5.74, 6) is 3.38. The summed E-state index contributed by atoms with van der Waals surface area (Å²) in [6.07, 6.45) is 5.06. The van der Waals surface area contributed by atoms with Crippen molar-refractivity contribution < 1.29 is 9.47 Å². The Labute approximate surface area is 132 Å². The summed E-state index contributed by atoms with van der Waals surface area (Å²) in [7, 11) is 1.82. The van der Waals surface area contributed by atoms with E-state index < -0.39 is 0 Å². The molecule has 5 heteroatoms. The van der Waals surface area contributed by atoms with E-state index in [1.165, 1.54) is 25.7 Å². The highest BCUT2D eigenvalue weighted by atomic mass is 16.7. The molecule has 0 spiro atoms. The molecule has 1 aromatic rings. The molecule has 0 aromatic heterocycles. The van der Waals surface area contributed by atoms with E-state index in [9.17, 15) is 0 Å². The molecule has 120 valence electrons. The van der Waals surface area contributed by atoms with Crippen LogP contribution in [-0.2, 0) is 6.54 Å². The van der Waals surface area contributed by atoms with Gasteiger partial charge in [0.25, 0.3) is 0 Å². The van der Waals surface area contributed by atoms with Crippen LogP contribution in [0, 0.1) is 5.92 Å². The highest BCUT2D eigenvalue weighted by Crippen LogP contribution is 2.32. The van der Waals surface area contributed by atoms with Gasteiger partial charge >= 0.3 is 0 Å². The Balaban J connectivity index is 1.51. The summed E-state index contributed by atoms with van der Waals surface area (Å²) in [5, 5.41) is 6.91. The summed E-state index contributed by atoms with van der Waals surface area (Å²) in [6.45, 7) is 3.37. The number of hydrogen-bond donors (Lipinski definition) is 2. The Bertz CT molecular complexity index is 537. The highest BCUT2D eigenvalue weighted by molar-refractivity contribution is 5.80. The van der Waals surface area contributed by atoms with E-state index in [-0.39, 0.29) is 0 Å². The van der Waals surface area contributed by atoms with Gasteiger partial charge < -0.3 is 20.1 Å². The van der Waals surface area contributed by atoms with E-state index in [0.29, 0.717) is 12.8 Å². The van der Waals surface area contributed by atoms with Crippen LogP contribution in [0.2, 0.25) is 0 Å². The fraction of sp³-hybridized carbons (Fsp3) is 0.588. The van der Waals surface area contributed by atoms with Gasteiger partial charge in [0.2, 0.25) is 6.79 Å². The molecule has 0 unspecified atom stereocenters. The van der Waals surface area contributed by atoms with Gasteiger partial charge in [0.15, 0.2) is 17.5 Å². The first kappa shape index (κ1) is 15.0. The minimum atomic E-state index is 0.315. The van der Waals surface area contributed by atoms with Crippen molar-refractivity contribution in [2.24, 2.45) is 10.9 Å². The van der Waals surface area contributed by atoms with Crippen molar-refractivity contribution in [2.45, 2.75) is 45.2 Å². The predicted molar refractivity (Wildman–Crippen MR) is 87.3 cm³/mol. The number of nitrogens with zero attached hydrogens (tertiary/aromatic N) is 1. The van der Waals surface area contributed by atoms with E-state index in [0.717, 1.165) is 35.5 Å². The van der Waals surface area contributed by atoms with Crippen LogP contribution < -0.4 is 20.1 Å². The second kappa shape index (κ2) is 6.90. The van der Waals surface area contributed by atoms with Crippen molar-refractivity contribution in [3.05, 3.63) is 23.8 Å². The van der Waals surface area contributed by atoms with Gasteiger partial charge in [-0.25, -0.2) is 0 Å². The standard InChI is InChI=1S/C17H25N3O2/c1-12-3-6-14(7-4-12)20-17(18-2)19-10-13-5-8-15-16(9-13)22-11-21-15/h5,8-9,12,14H,3-4,6-7,10-11H2,1-2H3,(H2,18,19,20). The Morgan fingerprint density at radius 1 is 1.18 bits per heavy atom. The quantitative estimate of drug-likeness (QED) is 0.666. The number of hydrogen-bond acceptors (Lipinski definition) is 3. The molecule has 1 heterocycles. The number of aliphatic imine (C=N–C) groups is 1. The first-order valence-electron chi connectivity index (χ1n) is 8.10. The molecular formula is C17H25N3O2. The van der Waals surface area contributed by atoms with E-state index in [4.69, 9.17) is 9.47 Å². The van der Waals surface area contributed by atoms with E-state index in [1.54, 1.807) is 0 Å². The van der Waals surface area contributed by atoms with Gasteiger partial charge in [-0.3, -0.25) is 4.99 Å². The molecule has 0 bridgehead atoms. The normalized spacial score (nSPS) is 24.2. The van der Waals surface area contributed by atoms with Gasteiger partial charge in [0, 0.05) is 19.6 Å². The molecule has 22 heavy (non-hydrogen) atoms. The molecule has 1 saturated carbocycles. The van der Waals surface area contributed by atoms with Crippen molar-refractivity contribution in [1.29, 1.82) is 0 Å². The lowest BCUT2D eigenvalue weighted by molar-refractivity contribution is 0.174. The molecule has 1 aliphatic heterocycles. The molecular weight excluding hydrogens is 278 g/mol. The number of fused-ring (bicyclic) bond motifs is 1.